The molecule has 0 radical (unpaired) electrons. The standard InChI is InChI=1S/C14H16F3N3O/c1-8-9(4-5-21-8)7-20-12-3-2-10(14(15,16)17)6-11(12)19-13(20)18/h2-3,6,8-9H,4-5,7H2,1H3,(H2,18,19). The Kier molecular flexibility index (Phi) is 3.32. The van der Waals surface area contributed by atoms with Gasteiger partial charge in [0, 0.05) is 19.1 Å². The molecule has 21 heavy (non-hydrogen) atoms. The van der Waals surface area contributed by atoms with E-state index < -0.39 is 11.7 Å². The van der Waals surface area contributed by atoms with Crippen LogP contribution < -0.4 is 5.73 Å². The van der Waals surface area contributed by atoms with Gasteiger partial charge in [-0.15, -0.1) is 0 Å². The van der Waals surface area contributed by atoms with E-state index in [0.29, 0.717) is 24.6 Å². The van der Waals surface area contributed by atoms with Crippen LogP contribution in [-0.2, 0) is 17.5 Å². The van der Waals surface area contributed by atoms with E-state index in [2.05, 4.69) is 4.98 Å². The molecule has 0 amide bonds. The maximum absolute atomic E-state index is 12.7. The van der Waals surface area contributed by atoms with E-state index in [1.54, 1.807) is 4.57 Å². The predicted octanol–water partition coefficient (Wildman–Crippen LogP) is 3.06. The zero-order chi connectivity index (χ0) is 15.2. The lowest BCUT2D eigenvalue weighted by atomic mass is 10.0. The fourth-order valence-electron chi connectivity index (χ4n) is 2.77. The van der Waals surface area contributed by atoms with Gasteiger partial charge in [0.15, 0.2) is 0 Å². The first-order valence-corrected chi connectivity index (χ1v) is 6.81. The maximum Gasteiger partial charge on any atom is 0.416 e. The van der Waals surface area contributed by atoms with Gasteiger partial charge in [0.1, 0.15) is 0 Å². The molecule has 0 spiro atoms. The Morgan fingerprint density at radius 1 is 1.43 bits per heavy atom. The largest absolute Gasteiger partial charge is 0.416 e. The van der Waals surface area contributed by atoms with Crippen LogP contribution in [0.2, 0.25) is 0 Å². The summed E-state index contributed by atoms with van der Waals surface area (Å²) < 4.78 is 45.4. The second kappa shape index (κ2) is 4.91. The average molecular weight is 299 g/mol. The molecule has 1 fully saturated rings. The van der Waals surface area contributed by atoms with Crippen molar-refractivity contribution in [1.82, 2.24) is 9.55 Å². The van der Waals surface area contributed by atoms with E-state index in [-0.39, 0.29) is 17.6 Å². The van der Waals surface area contributed by atoms with Gasteiger partial charge in [-0.1, -0.05) is 0 Å². The lowest BCUT2D eigenvalue weighted by Crippen LogP contribution is -2.19. The topological polar surface area (TPSA) is 53.1 Å². The zero-order valence-corrected chi connectivity index (χ0v) is 11.5. The highest BCUT2D eigenvalue weighted by Gasteiger charge is 2.31. The van der Waals surface area contributed by atoms with Crippen molar-refractivity contribution in [1.29, 1.82) is 0 Å². The summed E-state index contributed by atoms with van der Waals surface area (Å²) in [5.74, 6) is 0.537. The Balaban J connectivity index is 1.98. The third-order valence-corrected chi connectivity index (χ3v) is 4.06. The van der Waals surface area contributed by atoms with Gasteiger partial charge in [0.05, 0.1) is 22.7 Å². The van der Waals surface area contributed by atoms with Crippen molar-refractivity contribution >= 4 is 17.0 Å². The molecule has 1 aromatic carbocycles. The van der Waals surface area contributed by atoms with E-state index in [4.69, 9.17) is 10.5 Å². The molecule has 1 aromatic heterocycles. The number of alkyl halides is 3. The molecule has 7 heteroatoms. The van der Waals surface area contributed by atoms with Crippen LogP contribution in [0, 0.1) is 5.92 Å². The number of ether oxygens (including phenoxy) is 1. The lowest BCUT2D eigenvalue weighted by Gasteiger charge is -2.16. The third-order valence-electron chi connectivity index (χ3n) is 4.06. The van der Waals surface area contributed by atoms with Crippen molar-refractivity contribution in [2.75, 3.05) is 12.3 Å². The van der Waals surface area contributed by atoms with Crippen molar-refractivity contribution in [3.8, 4) is 0 Å². The van der Waals surface area contributed by atoms with Crippen molar-refractivity contribution in [2.24, 2.45) is 5.92 Å². The Morgan fingerprint density at radius 3 is 2.81 bits per heavy atom. The summed E-state index contributed by atoms with van der Waals surface area (Å²) in [5.41, 5.74) is 6.05. The Labute approximate surface area is 119 Å². The number of anilines is 1. The van der Waals surface area contributed by atoms with Crippen LogP contribution in [0.25, 0.3) is 11.0 Å². The number of halogens is 3. The third kappa shape index (κ3) is 2.57. The molecule has 0 saturated carbocycles. The SMILES string of the molecule is CC1OCCC1Cn1c(N)nc2cc(C(F)(F)F)ccc21. The molecule has 4 nitrogen and oxygen atoms in total. The number of imidazole rings is 1. The van der Waals surface area contributed by atoms with Gasteiger partial charge in [0.25, 0.3) is 0 Å². The van der Waals surface area contributed by atoms with Crippen LogP contribution >= 0.6 is 0 Å². The van der Waals surface area contributed by atoms with Crippen molar-refractivity contribution in [2.45, 2.75) is 32.2 Å². The van der Waals surface area contributed by atoms with Crippen LogP contribution in [0.4, 0.5) is 19.1 Å². The van der Waals surface area contributed by atoms with Crippen molar-refractivity contribution in [3.05, 3.63) is 23.8 Å². The number of aromatic nitrogens is 2. The van der Waals surface area contributed by atoms with Crippen molar-refractivity contribution in [3.63, 3.8) is 0 Å². The highest BCUT2D eigenvalue weighted by atomic mass is 19.4. The first-order chi connectivity index (χ1) is 9.86. The van der Waals surface area contributed by atoms with E-state index >= 15 is 0 Å². The van der Waals surface area contributed by atoms with Crippen LogP contribution in [-0.4, -0.2) is 22.3 Å². The summed E-state index contributed by atoms with van der Waals surface area (Å²) in [6.07, 6.45) is -3.34. The molecule has 2 atom stereocenters. The van der Waals surface area contributed by atoms with Gasteiger partial charge in [0.2, 0.25) is 5.95 Å². The number of nitrogens with two attached hydrogens (primary N) is 1. The van der Waals surface area contributed by atoms with Crippen LogP contribution in [0.5, 0.6) is 0 Å². The number of hydrogen-bond donors (Lipinski definition) is 1. The van der Waals surface area contributed by atoms with E-state index in [1.165, 1.54) is 6.07 Å². The molecule has 3 rings (SSSR count). The number of hydrogen-bond acceptors (Lipinski definition) is 3. The van der Waals surface area contributed by atoms with Gasteiger partial charge in [-0.25, -0.2) is 4.98 Å². The summed E-state index contributed by atoms with van der Waals surface area (Å²) in [6, 6.07) is 3.54. The molecule has 2 unspecified atom stereocenters. The number of benzene rings is 1. The quantitative estimate of drug-likeness (QED) is 0.927. The van der Waals surface area contributed by atoms with Crippen LogP contribution in [0.1, 0.15) is 18.9 Å². The number of nitrogens with zero attached hydrogens (tertiary/aromatic N) is 2. The van der Waals surface area contributed by atoms with E-state index in [9.17, 15) is 13.2 Å². The van der Waals surface area contributed by atoms with Gasteiger partial charge in [-0.3, -0.25) is 0 Å². The highest BCUT2D eigenvalue weighted by Crippen LogP contribution is 2.32. The fourth-order valence-corrected chi connectivity index (χ4v) is 2.77. The van der Waals surface area contributed by atoms with Gasteiger partial charge < -0.3 is 15.0 Å². The molecule has 1 aliphatic rings. The minimum atomic E-state index is -4.37. The highest BCUT2D eigenvalue weighted by molar-refractivity contribution is 5.79. The predicted molar refractivity (Wildman–Crippen MR) is 72.7 cm³/mol. The van der Waals surface area contributed by atoms with Crippen LogP contribution in [0.3, 0.4) is 0 Å². The molecule has 2 aromatic rings. The molecular weight excluding hydrogens is 283 g/mol. The molecule has 1 aliphatic heterocycles. The smallest absolute Gasteiger partial charge is 0.378 e. The molecule has 2 N–H and O–H groups in total. The second-order valence-electron chi connectivity index (χ2n) is 5.41. The van der Waals surface area contributed by atoms with Crippen molar-refractivity contribution < 1.29 is 17.9 Å². The number of rotatable bonds is 2. The molecule has 0 bridgehead atoms. The summed E-state index contributed by atoms with van der Waals surface area (Å²) in [6.45, 7) is 3.31. The molecule has 1 saturated heterocycles. The number of fused-ring (bicyclic) bond motifs is 1. The summed E-state index contributed by atoms with van der Waals surface area (Å²) in [7, 11) is 0. The zero-order valence-electron chi connectivity index (χ0n) is 11.5. The average Bonchev–Trinajstić information content (AvgIpc) is 2.93. The fraction of sp³-hybridized carbons (Fsp3) is 0.500. The lowest BCUT2D eigenvalue weighted by molar-refractivity contribution is -0.137. The maximum atomic E-state index is 12.7. The van der Waals surface area contributed by atoms with E-state index in [0.717, 1.165) is 18.6 Å². The normalized spacial score (nSPS) is 23.0. The minimum absolute atomic E-state index is 0.122. The van der Waals surface area contributed by atoms with Gasteiger partial charge >= 0.3 is 6.18 Å². The molecule has 2 heterocycles. The molecular formula is C14H16F3N3O. The first-order valence-electron chi connectivity index (χ1n) is 6.81. The van der Waals surface area contributed by atoms with E-state index in [1.807, 2.05) is 6.92 Å². The first kappa shape index (κ1) is 14.2. The van der Waals surface area contributed by atoms with Gasteiger partial charge in [-0.05, 0) is 31.5 Å². The monoisotopic (exact) mass is 299 g/mol. The summed E-state index contributed by atoms with van der Waals surface area (Å²) in [4.78, 5) is 4.05. The Bertz CT molecular complexity index is 665. The Morgan fingerprint density at radius 2 is 2.19 bits per heavy atom. The minimum Gasteiger partial charge on any atom is -0.378 e. The Hall–Kier alpha value is -1.76. The number of nitrogen functional groups attached to an aromatic ring is 1. The molecule has 0 aliphatic carbocycles. The summed E-state index contributed by atoms with van der Waals surface area (Å²) in [5, 5.41) is 0. The van der Waals surface area contributed by atoms with Crippen LogP contribution in [0.15, 0.2) is 18.2 Å². The summed E-state index contributed by atoms with van der Waals surface area (Å²) >= 11 is 0. The molecule has 114 valence electrons. The second-order valence-corrected chi connectivity index (χ2v) is 5.41. The van der Waals surface area contributed by atoms with Gasteiger partial charge in [-0.2, -0.15) is 13.2 Å².